The lowest BCUT2D eigenvalue weighted by atomic mass is 9.93. The average Bonchev–Trinajstić information content (AvgIpc) is 2.54. The summed E-state index contributed by atoms with van der Waals surface area (Å²) < 4.78 is 10.6. The molecule has 1 N–H and O–H groups in total. The molecule has 0 unspecified atom stereocenters. The Morgan fingerprint density at radius 2 is 2.12 bits per heavy atom. The molecule has 1 rings (SSSR count). The number of aromatic carboxylic acids is 1. The van der Waals surface area contributed by atoms with Crippen LogP contribution in [-0.2, 0) is 11.3 Å². The van der Waals surface area contributed by atoms with E-state index >= 15 is 0 Å². The van der Waals surface area contributed by atoms with Crippen molar-refractivity contribution in [3.63, 3.8) is 0 Å². The van der Waals surface area contributed by atoms with E-state index in [-0.39, 0.29) is 11.2 Å². The molecule has 0 fully saturated rings. The SMILES string of the molecule is Cc1oc(C(=O)O)cc1COCCC(C)(C)C. The summed E-state index contributed by atoms with van der Waals surface area (Å²) in [6.45, 7) is 9.27. The minimum Gasteiger partial charge on any atom is -0.475 e. The summed E-state index contributed by atoms with van der Waals surface area (Å²) in [6.07, 6.45) is 0.968. The van der Waals surface area contributed by atoms with Crippen LogP contribution in [0.2, 0.25) is 0 Å². The highest BCUT2D eigenvalue weighted by atomic mass is 16.5. The lowest BCUT2D eigenvalue weighted by molar-refractivity contribution is 0.0661. The fourth-order valence-corrected chi connectivity index (χ4v) is 1.33. The van der Waals surface area contributed by atoms with Crippen LogP contribution < -0.4 is 0 Å². The highest BCUT2D eigenvalue weighted by Gasteiger charge is 2.14. The number of ether oxygens (including phenoxy) is 1. The predicted molar refractivity (Wildman–Crippen MR) is 64.1 cm³/mol. The third-order valence-electron chi connectivity index (χ3n) is 2.49. The molecular weight excluding hydrogens is 220 g/mol. The Morgan fingerprint density at radius 1 is 1.47 bits per heavy atom. The van der Waals surface area contributed by atoms with Gasteiger partial charge < -0.3 is 14.3 Å². The second kappa shape index (κ2) is 5.36. The molecule has 0 spiro atoms. The maximum Gasteiger partial charge on any atom is 0.371 e. The first-order valence-corrected chi connectivity index (χ1v) is 5.70. The van der Waals surface area contributed by atoms with Crippen LogP contribution in [0.3, 0.4) is 0 Å². The summed E-state index contributed by atoms with van der Waals surface area (Å²) in [5, 5.41) is 8.77. The Balaban J connectivity index is 2.44. The molecule has 0 amide bonds. The second-order valence-electron chi connectivity index (χ2n) is 5.36. The monoisotopic (exact) mass is 240 g/mol. The molecule has 1 aromatic heterocycles. The third kappa shape index (κ3) is 4.61. The number of carboxylic acids is 1. The fourth-order valence-electron chi connectivity index (χ4n) is 1.33. The highest BCUT2D eigenvalue weighted by molar-refractivity contribution is 5.84. The molecule has 96 valence electrons. The van der Waals surface area contributed by atoms with Gasteiger partial charge in [-0.05, 0) is 24.8 Å². The largest absolute Gasteiger partial charge is 0.475 e. The molecule has 0 saturated heterocycles. The quantitative estimate of drug-likeness (QED) is 0.803. The summed E-state index contributed by atoms with van der Waals surface area (Å²) in [5.74, 6) is -0.468. The van der Waals surface area contributed by atoms with Gasteiger partial charge in [-0.25, -0.2) is 4.79 Å². The van der Waals surface area contributed by atoms with E-state index in [4.69, 9.17) is 14.3 Å². The van der Waals surface area contributed by atoms with E-state index < -0.39 is 5.97 Å². The first-order chi connectivity index (χ1) is 7.79. The lowest BCUT2D eigenvalue weighted by Gasteiger charge is -2.17. The van der Waals surface area contributed by atoms with E-state index in [1.165, 1.54) is 6.07 Å². The standard InChI is InChI=1S/C13H20O4/c1-9-10(7-11(17-9)12(14)15)8-16-6-5-13(2,3)4/h7H,5-6,8H2,1-4H3,(H,14,15). The van der Waals surface area contributed by atoms with Crippen molar-refractivity contribution < 1.29 is 19.1 Å². The van der Waals surface area contributed by atoms with Crippen LogP contribution >= 0.6 is 0 Å². The zero-order valence-corrected chi connectivity index (χ0v) is 10.9. The maximum absolute atomic E-state index is 10.7. The van der Waals surface area contributed by atoms with Crippen molar-refractivity contribution in [3.8, 4) is 0 Å². The number of carbonyl (C=O) groups is 1. The summed E-state index contributed by atoms with van der Waals surface area (Å²) in [5.41, 5.74) is 1.05. The number of rotatable bonds is 5. The van der Waals surface area contributed by atoms with Crippen molar-refractivity contribution in [1.82, 2.24) is 0 Å². The Bertz CT molecular complexity index is 385. The van der Waals surface area contributed by atoms with E-state index in [9.17, 15) is 4.79 Å². The summed E-state index contributed by atoms with van der Waals surface area (Å²) >= 11 is 0. The first-order valence-electron chi connectivity index (χ1n) is 5.70. The van der Waals surface area contributed by atoms with Crippen LogP contribution in [0.5, 0.6) is 0 Å². The molecule has 0 aliphatic carbocycles. The number of aryl methyl sites for hydroxylation is 1. The Kier molecular flexibility index (Phi) is 4.34. The predicted octanol–water partition coefficient (Wildman–Crippen LogP) is 3.24. The minimum absolute atomic E-state index is 0.0306. The summed E-state index contributed by atoms with van der Waals surface area (Å²) in [7, 11) is 0. The molecule has 0 bridgehead atoms. The van der Waals surface area contributed by atoms with Crippen molar-refractivity contribution in [1.29, 1.82) is 0 Å². The van der Waals surface area contributed by atoms with Gasteiger partial charge in [0.05, 0.1) is 6.61 Å². The van der Waals surface area contributed by atoms with E-state index in [1.54, 1.807) is 6.92 Å². The van der Waals surface area contributed by atoms with E-state index in [2.05, 4.69) is 20.8 Å². The molecule has 4 heteroatoms. The van der Waals surface area contributed by atoms with Crippen molar-refractivity contribution in [2.75, 3.05) is 6.61 Å². The third-order valence-corrected chi connectivity index (χ3v) is 2.49. The zero-order chi connectivity index (χ0) is 13.1. The van der Waals surface area contributed by atoms with Crippen molar-refractivity contribution in [2.24, 2.45) is 5.41 Å². The molecule has 0 saturated carbocycles. The summed E-state index contributed by atoms with van der Waals surface area (Å²) in [4.78, 5) is 10.7. The zero-order valence-electron chi connectivity index (χ0n) is 10.9. The second-order valence-corrected chi connectivity index (χ2v) is 5.36. The molecule has 0 aromatic carbocycles. The van der Waals surface area contributed by atoms with Gasteiger partial charge in [-0.1, -0.05) is 20.8 Å². The van der Waals surface area contributed by atoms with Crippen LogP contribution in [0.4, 0.5) is 0 Å². The number of hydrogen-bond donors (Lipinski definition) is 1. The average molecular weight is 240 g/mol. The van der Waals surface area contributed by atoms with Gasteiger partial charge in [-0.3, -0.25) is 0 Å². The molecule has 1 aromatic rings. The lowest BCUT2D eigenvalue weighted by Crippen LogP contribution is -2.09. The Morgan fingerprint density at radius 3 is 2.59 bits per heavy atom. The van der Waals surface area contributed by atoms with Crippen molar-refractivity contribution in [3.05, 3.63) is 23.2 Å². The van der Waals surface area contributed by atoms with E-state index in [0.29, 0.717) is 19.0 Å². The number of carboxylic acid groups (broad SMARTS) is 1. The molecule has 4 nitrogen and oxygen atoms in total. The van der Waals surface area contributed by atoms with E-state index in [1.807, 2.05) is 0 Å². The molecule has 0 atom stereocenters. The first kappa shape index (κ1) is 13.8. The smallest absolute Gasteiger partial charge is 0.371 e. The van der Waals surface area contributed by atoms with Gasteiger partial charge in [-0.2, -0.15) is 0 Å². The fraction of sp³-hybridized carbons (Fsp3) is 0.615. The van der Waals surface area contributed by atoms with Crippen LogP contribution in [0, 0.1) is 12.3 Å². The van der Waals surface area contributed by atoms with Crippen LogP contribution in [0.15, 0.2) is 10.5 Å². The number of hydrogen-bond acceptors (Lipinski definition) is 3. The van der Waals surface area contributed by atoms with Gasteiger partial charge in [-0.15, -0.1) is 0 Å². The Labute approximate surface area is 102 Å². The maximum atomic E-state index is 10.7. The van der Waals surface area contributed by atoms with Gasteiger partial charge in [0.1, 0.15) is 5.76 Å². The molecule has 0 radical (unpaired) electrons. The van der Waals surface area contributed by atoms with Crippen molar-refractivity contribution >= 4 is 5.97 Å². The Hall–Kier alpha value is -1.29. The van der Waals surface area contributed by atoms with Crippen LogP contribution in [0.25, 0.3) is 0 Å². The molecule has 1 heterocycles. The topological polar surface area (TPSA) is 59.7 Å². The normalized spacial score (nSPS) is 11.8. The molecule has 0 aliphatic heterocycles. The molecular formula is C13H20O4. The van der Waals surface area contributed by atoms with Crippen LogP contribution in [0.1, 0.15) is 49.1 Å². The van der Waals surface area contributed by atoms with E-state index in [0.717, 1.165) is 12.0 Å². The number of furan rings is 1. The van der Waals surface area contributed by atoms with Crippen molar-refractivity contribution in [2.45, 2.75) is 40.7 Å². The van der Waals surface area contributed by atoms with Gasteiger partial charge in [0.25, 0.3) is 0 Å². The van der Waals surface area contributed by atoms with Gasteiger partial charge in [0.15, 0.2) is 0 Å². The van der Waals surface area contributed by atoms with Gasteiger partial charge in [0.2, 0.25) is 5.76 Å². The molecule has 17 heavy (non-hydrogen) atoms. The minimum atomic E-state index is -1.05. The molecule has 0 aliphatic rings. The summed E-state index contributed by atoms with van der Waals surface area (Å²) in [6, 6.07) is 1.52. The van der Waals surface area contributed by atoms with Gasteiger partial charge in [0, 0.05) is 12.2 Å². The van der Waals surface area contributed by atoms with Crippen LogP contribution in [-0.4, -0.2) is 17.7 Å². The van der Waals surface area contributed by atoms with Gasteiger partial charge >= 0.3 is 5.97 Å². The highest BCUT2D eigenvalue weighted by Crippen LogP contribution is 2.19.